The predicted octanol–water partition coefficient (Wildman–Crippen LogP) is 3.35. The predicted molar refractivity (Wildman–Crippen MR) is 127 cm³/mol. The maximum Gasteiger partial charge on any atom is 0.254 e. The van der Waals surface area contributed by atoms with Crippen molar-refractivity contribution in [1.82, 2.24) is 20.0 Å². The molecule has 182 valence electrons. The maximum atomic E-state index is 14.7. The van der Waals surface area contributed by atoms with Gasteiger partial charge in [0.2, 0.25) is 5.13 Å². The van der Waals surface area contributed by atoms with E-state index in [2.05, 4.69) is 25.3 Å². The van der Waals surface area contributed by atoms with Crippen LogP contribution in [0.2, 0.25) is 5.02 Å². The molecule has 0 bridgehead atoms. The fourth-order valence-corrected chi connectivity index (χ4v) is 4.36. The Balaban J connectivity index is 1.76. The molecule has 0 spiro atoms. The Bertz CT molecular complexity index is 1170. The third-order valence-electron chi connectivity index (χ3n) is 4.55. The lowest BCUT2D eigenvalue weighted by atomic mass is 10.1. The number of aromatic nitrogens is 2. The molecule has 0 aliphatic carbocycles. The molecule has 1 unspecified atom stereocenters. The second-order valence-electron chi connectivity index (χ2n) is 6.78. The van der Waals surface area contributed by atoms with Gasteiger partial charge in [-0.05, 0) is 30.3 Å². The van der Waals surface area contributed by atoms with Crippen LogP contribution in [0.4, 0.5) is 25.3 Å². The van der Waals surface area contributed by atoms with Crippen LogP contribution in [0.25, 0.3) is 0 Å². The molecule has 3 N–H and O–H groups in total. The van der Waals surface area contributed by atoms with Crippen LogP contribution in [0.1, 0.15) is 22.8 Å². The van der Waals surface area contributed by atoms with E-state index in [1.165, 1.54) is 0 Å². The van der Waals surface area contributed by atoms with Gasteiger partial charge in [-0.15, -0.1) is 0 Å². The molecule has 2 aromatic carbocycles. The molecule has 1 atom stereocenters. The highest BCUT2D eigenvalue weighted by Crippen LogP contribution is 2.31. The van der Waals surface area contributed by atoms with Gasteiger partial charge < -0.3 is 20.5 Å². The standard InChI is InChI=1S/C20H21ClF2N6O3S2/c1-2-24-5-6-25-17-7-13(21)4-3-12(17)10-26-19(30)14-8-16(23)18(9-15(14)22)29(34(31)32)20-27-11-28-33-20/h3-4,7-9,11,24-25H,2,5-6,10H2,1H3,(H,26,30)(H,31,32)/p-1. The van der Waals surface area contributed by atoms with E-state index in [4.69, 9.17) is 11.6 Å². The number of rotatable bonds is 11. The summed E-state index contributed by atoms with van der Waals surface area (Å²) < 4.78 is 56.7. The molecule has 34 heavy (non-hydrogen) atoms. The molecule has 0 saturated heterocycles. The SMILES string of the molecule is CCNCCNc1cc(Cl)ccc1CNC(=O)c1cc(F)c(N(c2ncns2)S(=O)[O-])cc1F. The number of hydrogen-bond donors (Lipinski definition) is 3. The minimum absolute atomic E-state index is 0.0177. The van der Waals surface area contributed by atoms with Crippen molar-refractivity contribution in [2.24, 2.45) is 0 Å². The van der Waals surface area contributed by atoms with E-state index in [0.29, 0.717) is 57.3 Å². The second kappa shape index (κ2) is 12.1. The van der Waals surface area contributed by atoms with Crippen molar-refractivity contribution >= 4 is 56.8 Å². The van der Waals surface area contributed by atoms with Gasteiger partial charge in [0.1, 0.15) is 18.0 Å². The minimum atomic E-state index is -3.00. The summed E-state index contributed by atoms with van der Waals surface area (Å²) in [5.74, 6) is -3.10. The summed E-state index contributed by atoms with van der Waals surface area (Å²) in [5.41, 5.74) is 0.184. The number of carbonyl (C=O) groups is 1. The Morgan fingerprint density at radius 3 is 2.71 bits per heavy atom. The number of benzene rings is 2. The highest BCUT2D eigenvalue weighted by Gasteiger charge is 2.23. The zero-order valence-corrected chi connectivity index (χ0v) is 20.2. The Hall–Kier alpha value is -2.71. The molecule has 14 heteroatoms. The third-order valence-corrected chi connectivity index (χ3v) is 6.22. The van der Waals surface area contributed by atoms with Crippen molar-refractivity contribution in [3.8, 4) is 0 Å². The van der Waals surface area contributed by atoms with E-state index in [9.17, 15) is 22.3 Å². The van der Waals surface area contributed by atoms with E-state index < -0.39 is 40.1 Å². The minimum Gasteiger partial charge on any atom is -0.755 e. The lowest BCUT2D eigenvalue weighted by molar-refractivity contribution is 0.0946. The molecule has 1 heterocycles. The Morgan fingerprint density at radius 2 is 2.03 bits per heavy atom. The number of hydrogen-bond acceptors (Lipinski definition) is 8. The van der Waals surface area contributed by atoms with Crippen LogP contribution >= 0.6 is 23.1 Å². The van der Waals surface area contributed by atoms with Crippen LogP contribution in [-0.2, 0) is 17.8 Å². The van der Waals surface area contributed by atoms with Gasteiger partial charge in [0, 0.05) is 47.9 Å². The number of carbonyl (C=O) groups excluding carboxylic acids is 1. The molecule has 0 radical (unpaired) electrons. The van der Waals surface area contributed by atoms with Gasteiger partial charge >= 0.3 is 0 Å². The smallest absolute Gasteiger partial charge is 0.254 e. The Morgan fingerprint density at radius 1 is 1.24 bits per heavy atom. The summed E-state index contributed by atoms with van der Waals surface area (Å²) in [6, 6.07) is 6.32. The normalized spacial score (nSPS) is 11.8. The molecular weight excluding hydrogens is 510 g/mol. The van der Waals surface area contributed by atoms with Crippen LogP contribution < -0.4 is 20.3 Å². The average Bonchev–Trinajstić information content (AvgIpc) is 3.32. The van der Waals surface area contributed by atoms with Crippen molar-refractivity contribution in [3.05, 3.63) is 64.4 Å². The lowest BCUT2D eigenvalue weighted by Gasteiger charge is -2.23. The first-order valence-corrected chi connectivity index (χ1v) is 12.2. The quantitative estimate of drug-likeness (QED) is 0.257. The molecule has 0 aliphatic heterocycles. The topological polar surface area (TPSA) is 122 Å². The first-order valence-electron chi connectivity index (χ1n) is 9.98. The fourth-order valence-electron chi connectivity index (χ4n) is 2.97. The third kappa shape index (κ3) is 6.45. The van der Waals surface area contributed by atoms with E-state index >= 15 is 0 Å². The zero-order valence-electron chi connectivity index (χ0n) is 17.8. The maximum absolute atomic E-state index is 14.7. The van der Waals surface area contributed by atoms with Gasteiger partial charge in [-0.2, -0.15) is 4.37 Å². The second-order valence-corrected chi connectivity index (χ2v) is 8.78. The first-order chi connectivity index (χ1) is 16.3. The summed E-state index contributed by atoms with van der Waals surface area (Å²) in [5, 5.41) is 9.25. The highest BCUT2D eigenvalue weighted by atomic mass is 35.5. The van der Waals surface area contributed by atoms with E-state index in [1.807, 2.05) is 6.92 Å². The average molecular weight is 530 g/mol. The molecule has 1 amide bonds. The van der Waals surface area contributed by atoms with Crippen LogP contribution in [0.3, 0.4) is 0 Å². The number of amides is 1. The van der Waals surface area contributed by atoms with Crippen molar-refractivity contribution < 1.29 is 22.3 Å². The number of likely N-dealkylation sites (N-methyl/N-ethyl adjacent to an activating group) is 1. The number of nitrogens with zero attached hydrogens (tertiary/aromatic N) is 3. The van der Waals surface area contributed by atoms with Gasteiger partial charge in [-0.3, -0.25) is 9.00 Å². The molecule has 9 nitrogen and oxygen atoms in total. The number of anilines is 3. The van der Waals surface area contributed by atoms with Gasteiger partial charge in [-0.1, -0.05) is 24.6 Å². The molecule has 3 aromatic rings. The molecule has 0 saturated carbocycles. The van der Waals surface area contributed by atoms with Gasteiger partial charge in [0.05, 0.1) is 22.5 Å². The van der Waals surface area contributed by atoms with Crippen LogP contribution in [0.15, 0.2) is 36.7 Å². The molecule has 0 aliphatic rings. The highest BCUT2D eigenvalue weighted by molar-refractivity contribution is 7.81. The molecule has 3 rings (SSSR count). The van der Waals surface area contributed by atoms with Gasteiger partial charge in [0.25, 0.3) is 5.91 Å². The monoisotopic (exact) mass is 529 g/mol. The van der Waals surface area contributed by atoms with E-state index in [-0.39, 0.29) is 11.7 Å². The first kappa shape index (κ1) is 25.9. The Labute approximate surface area is 206 Å². The Kier molecular flexibility index (Phi) is 9.24. The van der Waals surface area contributed by atoms with Crippen LogP contribution in [0.5, 0.6) is 0 Å². The van der Waals surface area contributed by atoms with Gasteiger partial charge in [0.15, 0.2) is 0 Å². The molecule has 1 aromatic heterocycles. The summed E-state index contributed by atoms with van der Waals surface area (Å²) >= 11 is 3.75. The van der Waals surface area contributed by atoms with E-state index in [0.717, 1.165) is 12.9 Å². The lowest BCUT2D eigenvalue weighted by Crippen LogP contribution is -2.26. The summed E-state index contributed by atoms with van der Waals surface area (Å²) in [7, 11) is 0. The summed E-state index contributed by atoms with van der Waals surface area (Å²) in [6.45, 7) is 4.16. The summed E-state index contributed by atoms with van der Waals surface area (Å²) in [6.07, 6.45) is 1.08. The van der Waals surface area contributed by atoms with Crippen molar-refractivity contribution in [3.63, 3.8) is 0 Å². The van der Waals surface area contributed by atoms with Gasteiger partial charge in [-0.25, -0.2) is 18.1 Å². The summed E-state index contributed by atoms with van der Waals surface area (Å²) in [4.78, 5) is 16.3. The van der Waals surface area contributed by atoms with Crippen molar-refractivity contribution in [2.45, 2.75) is 13.5 Å². The van der Waals surface area contributed by atoms with Crippen molar-refractivity contribution in [2.75, 3.05) is 29.3 Å². The number of nitrogens with one attached hydrogen (secondary N) is 3. The fraction of sp³-hybridized carbons (Fsp3) is 0.250. The van der Waals surface area contributed by atoms with Crippen LogP contribution in [-0.4, -0.2) is 43.7 Å². The zero-order chi connectivity index (χ0) is 24.7. The van der Waals surface area contributed by atoms with Crippen LogP contribution in [0, 0.1) is 11.6 Å². The number of halogens is 3. The molecule has 0 fully saturated rings. The largest absolute Gasteiger partial charge is 0.755 e. The van der Waals surface area contributed by atoms with Crippen molar-refractivity contribution in [1.29, 1.82) is 0 Å². The van der Waals surface area contributed by atoms with E-state index in [1.54, 1.807) is 18.2 Å². The molecular formula is C20H20ClF2N6O3S2-.